The van der Waals surface area contributed by atoms with Crippen molar-refractivity contribution in [1.82, 2.24) is 24.3 Å². The highest BCUT2D eigenvalue weighted by molar-refractivity contribution is 5.74. The van der Waals surface area contributed by atoms with Gasteiger partial charge in [0.2, 0.25) is 0 Å². The van der Waals surface area contributed by atoms with Gasteiger partial charge in [-0.25, -0.2) is 9.97 Å². The van der Waals surface area contributed by atoms with E-state index in [0.717, 1.165) is 23.4 Å². The van der Waals surface area contributed by atoms with Crippen LogP contribution in [0.4, 0.5) is 0 Å². The maximum atomic E-state index is 10.2. The molecule has 6 heteroatoms. The zero-order chi connectivity index (χ0) is 13.9. The van der Waals surface area contributed by atoms with Crippen molar-refractivity contribution in [3.05, 3.63) is 42.7 Å². The van der Waals surface area contributed by atoms with Crippen LogP contribution in [-0.4, -0.2) is 35.5 Å². The van der Waals surface area contributed by atoms with Crippen LogP contribution in [0.15, 0.2) is 36.9 Å². The number of para-hydroxylation sites is 2. The van der Waals surface area contributed by atoms with Crippen LogP contribution >= 0.6 is 0 Å². The lowest BCUT2D eigenvalue weighted by molar-refractivity contribution is 0.152. The third-order valence-electron chi connectivity index (χ3n) is 3.35. The number of benzene rings is 1. The number of aromatic nitrogens is 5. The van der Waals surface area contributed by atoms with Gasteiger partial charge in [-0.05, 0) is 19.1 Å². The number of imidazole rings is 1. The zero-order valence-electron chi connectivity index (χ0n) is 11.3. The van der Waals surface area contributed by atoms with Crippen molar-refractivity contribution in [3.8, 4) is 0 Å². The number of hydrogen-bond donors (Lipinski definition) is 1. The van der Waals surface area contributed by atoms with E-state index in [1.807, 2.05) is 35.8 Å². The van der Waals surface area contributed by atoms with Crippen molar-refractivity contribution >= 4 is 11.0 Å². The summed E-state index contributed by atoms with van der Waals surface area (Å²) < 4.78 is 3.77. The molecule has 0 bridgehead atoms. The fourth-order valence-corrected chi connectivity index (χ4v) is 2.37. The van der Waals surface area contributed by atoms with E-state index in [-0.39, 0.29) is 0 Å². The molecule has 20 heavy (non-hydrogen) atoms. The van der Waals surface area contributed by atoms with Gasteiger partial charge in [0.15, 0.2) is 0 Å². The average Bonchev–Trinajstić information content (AvgIpc) is 3.06. The highest BCUT2D eigenvalue weighted by Crippen LogP contribution is 2.13. The molecule has 3 rings (SSSR count). The Kier molecular flexibility index (Phi) is 3.47. The highest BCUT2D eigenvalue weighted by Gasteiger charge is 2.12. The Balaban J connectivity index is 1.74. The Bertz CT molecular complexity index is 702. The second-order valence-corrected chi connectivity index (χ2v) is 4.74. The number of aryl methyl sites for hydroxylation is 1. The fourth-order valence-electron chi connectivity index (χ4n) is 2.37. The van der Waals surface area contributed by atoms with Crippen LogP contribution in [0, 0.1) is 0 Å². The summed E-state index contributed by atoms with van der Waals surface area (Å²) in [5.74, 6) is 0.810. The SMILES string of the molecule is CCn1ncnc1CC(O)Cn1cnc2ccccc21. The van der Waals surface area contributed by atoms with Crippen molar-refractivity contribution < 1.29 is 5.11 Å². The number of aliphatic hydroxyl groups excluding tert-OH is 1. The smallest absolute Gasteiger partial charge is 0.138 e. The first-order chi connectivity index (χ1) is 9.78. The van der Waals surface area contributed by atoms with Crippen molar-refractivity contribution in [2.75, 3.05) is 0 Å². The summed E-state index contributed by atoms with van der Waals surface area (Å²) in [6.45, 7) is 3.26. The molecule has 2 aromatic heterocycles. The second-order valence-electron chi connectivity index (χ2n) is 4.74. The molecule has 0 aliphatic heterocycles. The van der Waals surface area contributed by atoms with Gasteiger partial charge in [0.1, 0.15) is 12.2 Å². The lowest BCUT2D eigenvalue weighted by Crippen LogP contribution is -2.20. The topological polar surface area (TPSA) is 68.8 Å². The summed E-state index contributed by atoms with van der Waals surface area (Å²) in [7, 11) is 0. The predicted octanol–water partition coefficient (Wildman–Crippen LogP) is 1.25. The summed E-state index contributed by atoms with van der Waals surface area (Å²) in [5.41, 5.74) is 1.97. The third kappa shape index (κ3) is 2.42. The van der Waals surface area contributed by atoms with Crippen LogP contribution < -0.4 is 0 Å². The quantitative estimate of drug-likeness (QED) is 0.758. The van der Waals surface area contributed by atoms with Gasteiger partial charge in [-0.15, -0.1) is 0 Å². The maximum absolute atomic E-state index is 10.2. The van der Waals surface area contributed by atoms with E-state index in [0.29, 0.717) is 13.0 Å². The number of rotatable bonds is 5. The van der Waals surface area contributed by atoms with Gasteiger partial charge in [0.05, 0.1) is 30.0 Å². The van der Waals surface area contributed by atoms with Gasteiger partial charge in [0.25, 0.3) is 0 Å². The minimum absolute atomic E-state index is 0.486. The third-order valence-corrected chi connectivity index (χ3v) is 3.35. The maximum Gasteiger partial charge on any atom is 0.138 e. The van der Waals surface area contributed by atoms with E-state index in [1.54, 1.807) is 11.0 Å². The first kappa shape index (κ1) is 12.8. The van der Waals surface area contributed by atoms with Crippen LogP contribution in [0.1, 0.15) is 12.7 Å². The number of hydrogen-bond acceptors (Lipinski definition) is 4. The van der Waals surface area contributed by atoms with Crippen molar-refractivity contribution in [2.24, 2.45) is 0 Å². The molecule has 1 N–H and O–H groups in total. The second kappa shape index (κ2) is 5.42. The van der Waals surface area contributed by atoms with E-state index < -0.39 is 6.10 Å². The number of aliphatic hydroxyl groups is 1. The molecule has 104 valence electrons. The van der Waals surface area contributed by atoms with Gasteiger partial charge in [-0.3, -0.25) is 4.68 Å². The molecule has 1 atom stereocenters. The molecule has 6 nitrogen and oxygen atoms in total. The molecule has 0 fully saturated rings. The van der Waals surface area contributed by atoms with E-state index >= 15 is 0 Å². The molecule has 0 spiro atoms. The molecular formula is C14H17N5O. The van der Waals surface area contributed by atoms with Gasteiger partial charge in [0, 0.05) is 13.0 Å². The van der Waals surface area contributed by atoms with E-state index in [9.17, 15) is 5.11 Å². The molecule has 0 amide bonds. The molecule has 0 saturated heterocycles. The summed E-state index contributed by atoms with van der Waals surface area (Å²) in [4.78, 5) is 8.51. The molecule has 1 unspecified atom stereocenters. The van der Waals surface area contributed by atoms with Crippen molar-refractivity contribution in [2.45, 2.75) is 32.5 Å². The van der Waals surface area contributed by atoms with Gasteiger partial charge < -0.3 is 9.67 Å². The first-order valence-corrected chi connectivity index (χ1v) is 6.72. The normalized spacial score (nSPS) is 12.9. The van der Waals surface area contributed by atoms with E-state index in [1.165, 1.54) is 6.33 Å². The average molecular weight is 271 g/mol. The largest absolute Gasteiger partial charge is 0.391 e. The Morgan fingerprint density at radius 1 is 1.25 bits per heavy atom. The standard InChI is InChI=1S/C14H17N5O/c1-2-19-14(15-9-17-19)7-11(20)8-18-10-16-12-5-3-4-6-13(12)18/h3-6,9-11,20H,2,7-8H2,1H3. The Hall–Kier alpha value is -2.21. The Morgan fingerprint density at radius 2 is 2.10 bits per heavy atom. The van der Waals surface area contributed by atoms with E-state index in [2.05, 4.69) is 15.1 Å². The Morgan fingerprint density at radius 3 is 2.95 bits per heavy atom. The van der Waals surface area contributed by atoms with Crippen LogP contribution in [0.5, 0.6) is 0 Å². The molecular weight excluding hydrogens is 254 g/mol. The van der Waals surface area contributed by atoms with Gasteiger partial charge >= 0.3 is 0 Å². The minimum Gasteiger partial charge on any atom is -0.391 e. The fraction of sp³-hybridized carbons (Fsp3) is 0.357. The molecule has 0 saturated carbocycles. The van der Waals surface area contributed by atoms with Crippen LogP contribution in [0.2, 0.25) is 0 Å². The molecule has 0 aliphatic carbocycles. The lowest BCUT2D eigenvalue weighted by Gasteiger charge is -2.12. The van der Waals surface area contributed by atoms with Crippen LogP contribution in [0.25, 0.3) is 11.0 Å². The van der Waals surface area contributed by atoms with Gasteiger partial charge in [-0.2, -0.15) is 5.10 Å². The van der Waals surface area contributed by atoms with Gasteiger partial charge in [-0.1, -0.05) is 12.1 Å². The summed E-state index contributed by atoms with van der Waals surface area (Å²) in [6.07, 6.45) is 3.26. The zero-order valence-corrected chi connectivity index (χ0v) is 11.3. The lowest BCUT2D eigenvalue weighted by atomic mass is 10.2. The molecule has 1 aromatic carbocycles. The van der Waals surface area contributed by atoms with Crippen LogP contribution in [-0.2, 0) is 19.5 Å². The number of fused-ring (bicyclic) bond motifs is 1. The first-order valence-electron chi connectivity index (χ1n) is 6.72. The summed E-state index contributed by atoms with van der Waals surface area (Å²) in [6, 6.07) is 7.90. The molecule has 3 aromatic rings. The Labute approximate surface area is 116 Å². The van der Waals surface area contributed by atoms with Crippen molar-refractivity contribution in [1.29, 1.82) is 0 Å². The highest BCUT2D eigenvalue weighted by atomic mass is 16.3. The van der Waals surface area contributed by atoms with E-state index in [4.69, 9.17) is 0 Å². The minimum atomic E-state index is -0.512. The predicted molar refractivity (Wildman–Crippen MR) is 75.1 cm³/mol. The molecule has 2 heterocycles. The monoisotopic (exact) mass is 271 g/mol. The molecule has 0 aliphatic rings. The summed E-state index contributed by atoms with van der Waals surface area (Å²) >= 11 is 0. The summed E-state index contributed by atoms with van der Waals surface area (Å²) in [5, 5.41) is 14.4. The number of nitrogens with zero attached hydrogens (tertiary/aromatic N) is 5. The van der Waals surface area contributed by atoms with Crippen LogP contribution in [0.3, 0.4) is 0 Å². The molecule has 0 radical (unpaired) electrons. The van der Waals surface area contributed by atoms with Crippen molar-refractivity contribution in [3.63, 3.8) is 0 Å².